The van der Waals surface area contributed by atoms with Crippen molar-refractivity contribution >= 4 is 5.97 Å². The van der Waals surface area contributed by atoms with Crippen LogP contribution >= 0.6 is 0 Å². The molecule has 7 nitrogen and oxygen atoms in total. The van der Waals surface area contributed by atoms with E-state index in [9.17, 15) is 4.79 Å². The Hall–Kier alpha value is -2.09. The van der Waals surface area contributed by atoms with Gasteiger partial charge >= 0.3 is 5.97 Å². The van der Waals surface area contributed by atoms with Gasteiger partial charge in [0.05, 0.1) is 6.61 Å². The maximum atomic E-state index is 12.2. The second-order valence-corrected chi connectivity index (χ2v) is 6.21. The van der Waals surface area contributed by atoms with Gasteiger partial charge in [0, 0.05) is 7.11 Å². The van der Waals surface area contributed by atoms with Crippen LogP contribution in [0.5, 0.6) is 0 Å². The molecule has 1 aromatic rings. The molecule has 2 atom stereocenters. The zero-order valence-corrected chi connectivity index (χ0v) is 14.5. The maximum absolute atomic E-state index is 12.2. The largest absolute Gasteiger partial charge is 0.485 e. The highest BCUT2D eigenvalue weighted by atomic mass is 16.8. The van der Waals surface area contributed by atoms with Crippen LogP contribution in [0.25, 0.3) is 0 Å². The van der Waals surface area contributed by atoms with Gasteiger partial charge < -0.3 is 28.4 Å². The van der Waals surface area contributed by atoms with Crippen LogP contribution in [0.15, 0.2) is 41.9 Å². The van der Waals surface area contributed by atoms with E-state index in [1.54, 1.807) is 13.8 Å². The summed E-state index contributed by atoms with van der Waals surface area (Å²) < 4.78 is 32.9. The topological polar surface area (TPSA) is 72.5 Å². The SMILES string of the molecule is COCOC1=C(OCc2ccccc2)[C@@H]([C@@H]2COC(C)(C)O2)OC1=O. The Labute approximate surface area is 146 Å². The summed E-state index contributed by atoms with van der Waals surface area (Å²) in [5.74, 6) is -1.02. The van der Waals surface area contributed by atoms with Crippen LogP contribution < -0.4 is 0 Å². The number of esters is 1. The molecule has 2 aliphatic rings. The zero-order valence-electron chi connectivity index (χ0n) is 14.5. The summed E-state index contributed by atoms with van der Waals surface area (Å²) in [4.78, 5) is 12.2. The van der Waals surface area contributed by atoms with Crippen molar-refractivity contribution in [2.45, 2.75) is 38.4 Å². The first-order valence-corrected chi connectivity index (χ1v) is 8.05. The fourth-order valence-electron chi connectivity index (χ4n) is 2.69. The third kappa shape index (κ3) is 4.12. The zero-order chi connectivity index (χ0) is 17.9. The first-order valence-electron chi connectivity index (χ1n) is 8.05. The third-order valence-corrected chi connectivity index (χ3v) is 3.83. The van der Waals surface area contributed by atoms with Crippen molar-refractivity contribution in [1.82, 2.24) is 0 Å². The molecule has 1 fully saturated rings. The Morgan fingerprint density at radius 1 is 1.20 bits per heavy atom. The highest BCUT2D eigenvalue weighted by molar-refractivity contribution is 5.89. The number of rotatable bonds is 7. The van der Waals surface area contributed by atoms with E-state index in [4.69, 9.17) is 28.4 Å². The third-order valence-electron chi connectivity index (χ3n) is 3.83. The minimum absolute atomic E-state index is 0.0103. The molecule has 1 aromatic carbocycles. The molecule has 0 aliphatic carbocycles. The molecule has 0 amide bonds. The van der Waals surface area contributed by atoms with Gasteiger partial charge in [-0.1, -0.05) is 30.3 Å². The molecule has 2 aliphatic heterocycles. The van der Waals surface area contributed by atoms with Crippen LogP contribution in [-0.2, 0) is 39.8 Å². The number of methoxy groups -OCH3 is 1. The molecule has 1 saturated heterocycles. The van der Waals surface area contributed by atoms with E-state index < -0.39 is 24.0 Å². The molecule has 0 saturated carbocycles. The van der Waals surface area contributed by atoms with E-state index in [1.165, 1.54) is 7.11 Å². The van der Waals surface area contributed by atoms with Gasteiger partial charge in [0.2, 0.25) is 5.76 Å². The van der Waals surface area contributed by atoms with Gasteiger partial charge in [0.1, 0.15) is 12.7 Å². The number of ether oxygens (including phenoxy) is 6. The fourth-order valence-corrected chi connectivity index (χ4v) is 2.69. The lowest BCUT2D eigenvalue weighted by Gasteiger charge is -2.22. The second-order valence-electron chi connectivity index (χ2n) is 6.21. The fraction of sp³-hybridized carbons (Fsp3) is 0.500. The number of hydrogen-bond acceptors (Lipinski definition) is 7. The van der Waals surface area contributed by atoms with Crippen molar-refractivity contribution in [2.75, 3.05) is 20.5 Å². The van der Waals surface area contributed by atoms with Gasteiger partial charge in [-0.25, -0.2) is 4.79 Å². The van der Waals surface area contributed by atoms with E-state index in [2.05, 4.69) is 0 Å². The average Bonchev–Trinajstić information content (AvgIpc) is 3.11. The Bertz CT molecular complexity index is 638. The number of carbonyl (C=O) groups excluding carboxylic acids is 1. The molecule has 0 aromatic heterocycles. The van der Waals surface area contributed by atoms with E-state index in [1.807, 2.05) is 30.3 Å². The lowest BCUT2D eigenvalue weighted by atomic mass is 10.1. The van der Waals surface area contributed by atoms with Crippen molar-refractivity contribution < 1.29 is 33.2 Å². The molecule has 0 radical (unpaired) electrons. The summed E-state index contributed by atoms with van der Waals surface area (Å²) >= 11 is 0. The molecular weight excluding hydrogens is 328 g/mol. The van der Waals surface area contributed by atoms with Crippen LogP contribution in [0.2, 0.25) is 0 Å². The van der Waals surface area contributed by atoms with E-state index in [-0.39, 0.29) is 19.2 Å². The normalized spacial score (nSPS) is 25.2. The highest BCUT2D eigenvalue weighted by Crippen LogP contribution is 2.34. The first kappa shape index (κ1) is 17.7. The average molecular weight is 350 g/mol. The number of benzene rings is 1. The number of hydrogen-bond donors (Lipinski definition) is 0. The smallest absolute Gasteiger partial charge is 0.378 e. The minimum atomic E-state index is -0.738. The number of cyclic esters (lactones) is 1. The molecule has 0 bridgehead atoms. The maximum Gasteiger partial charge on any atom is 0.378 e. The van der Waals surface area contributed by atoms with Crippen molar-refractivity contribution in [1.29, 1.82) is 0 Å². The van der Waals surface area contributed by atoms with Crippen LogP contribution in [-0.4, -0.2) is 44.5 Å². The quantitative estimate of drug-likeness (QED) is 0.551. The van der Waals surface area contributed by atoms with E-state index in [0.29, 0.717) is 12.4 Å². The molecular formula is C18H22O7. The molecule has 3 rings (SSSR count). The predicted molar refractivity (Wildman–Crippen MR) is 86.0 cm³/mol. The van der Waals surface area contributed by atoms with Crippen LogP contribution in [0.1, 0.15) is 19.4 Å². The summed E-state index contributed by atoms with van der Waals surface area (Å²) in [5.41, 5.74) is 0.961. The van der Waals surface area contributed by atoms with E-state index >= 15 is 0 Å². The summed E-state index contributed by atoms with van der Waals surface area (Å²) in [6.45, 7) is 4.10. The Balaban J connectivity index is 1.79. The van der Waals surface area contributed by atoms with Gasteiger partial charge in [-0.3, -0.25) is 0 Å². The van der Waals surface area contributed by atoms with E-state index in [0.717, 1.165) is 5.56 Å². The van der Waals surface area contributed by atoms with Crippen LogP contribution in [0.4, 0.5) is 0 Å². The van der Waals surface area contributed by atoms with Crippen molar-refractivity contribution in [2.24, 2.45) is 0 Å². The van der Waals surface area contributed by atoms with Crippen molar-refractivity contribution in [3.05, 3.63) is 47.4 Å². The van der Waals surface area contributed by atoms with Gasteiger partial charge in [-0.15, -0.1) is 0 Å². The Kier molecular flexibility index (Phi) is 5.27. The number of carbonyl (C=O) groups is 1. The Morgan fingerprint density at radius 3 is 2.60 bits per heavy atom. The first-order chi connectivity index (χ1) is 12.0. The van der Waals surface area contributed by atoms with Crippen LogP contribution in [0, 0.1) is 0 Å². The highest BCUT2D eigenvalue weighted by Gasteiger charge is 2.48. The molecule has 25 heavy (non-hydrogen) atoms. The van der Waals surface area contributed by atoms with Gasteiger partial charge in [0.15, 0.2) is 24.4 Å². The summed E-state index contributed by atoms with van der Waals surface area (Å²) in [7, 11) is 1.47. The molecule has 0 unspecified atom stereocenters. The lowest BCUT2D eigenvalue weighted by molar-refractivity contribution is -0.164. The molecule has 2 heterocycles. The molecule has 136 valence electrons. The molecule has 7 heteroatoms. The summed E-state index contributed by atoms with van der Waals surface area (Å²) in [6.07, 6.45) is -1.18. The van der Waals surface area contributed by atoms with Crippen molar-refractivity contribution in [3.8, 4) is 0 Å². The standard InChI is InChI=1S/C18H22O7/c1-18(2)23-10-13(25-18)14-15(16(17(19)24-14)22-11-20-3)21-9-12-7-5-4-6-8-12/h4-8,13-14H,9-11H2,1-3H3/t13-,14+/m0/s1. The van der Waals surface area contributed by atoms with Gasteiger partial charge in [0.25, 0.3) is 0 Å². The second kappa shape index (κ2) is 7.43. The molecule has 0 spiro atoms. The minimum Gasteiger partial charge on any atom is -0.485 e. The molecule has 0 N–H and O–H groups in total. The lowest BCUT2D eigenvalue weighted by Crippen LogP contribution is -2.33. The predicted octanol–water partition coefficient (Wildman–Crippen LogP) is 2.11. The van der Waals surface area contributed by atoms with Crippen LogP contribution in [0.3, 0.4) is 0 Å². The van der Waals surface area contributed by atoms with Gasteiger partial charge in [-0.2, -0.15) is 0 Å². The van der Waals surface area contributed by atoms with Crippen molar-refractivity contribution in [3.63, 3.8) is 0 Å². The monoisotopic (exact) mass is 350 g/mol. The Morgan fingerprint density at radius 2 is 1.96 bits per heavy atom. The summed E-state index contributed by atoms with van der Waals surface area (Å²) in [5, 5.41) is 0. The summed E-state index contributed by atoms with van der Waals surface area (Å²) in [6, 6.07) is 9.62. The van der Waals surface area contributed by atoms with Gasteiger partial charge in [-0.05, 0) is 19.4 Å².